The molecule has 25 heavy (non-hydrogen) atoms. The van der Waals surface area contributed by atoms with Crippen molar-refractivity contribution >= 4 is 28.8 Å². The highest BCUT2D eigenvalue weighted by atomic mass is 35.5. The van der Waals surface area contributed by atoms with Crippen molar-refractivity contribution in [2.45, 2.75) is 18.6 Å². The minimum Gasteiger partial charge on any atom is -0.480 e. The molecule has 3 aromatic rings. The van der Waals surface area contributed by atoms with Crippen LogP contribution in [0.5, 0.6) is 5.75 Å². The van der Waals surface area contributed by atoms with Gasteiger partial charge in [0.25, 0.3) is 5.91 Å². The molecule has 2 heterocycles. The van der Waals surface area contributed by atoms with Crippen LogP contribution >= 0.6 is 22.9 Å². The van der Waals surface area contributed by atoms with Crippen molar-refractivity contribution < 1.29 is 9.53 Å². The third kappa shape index (κ3) is 3.41. The van der Waals surface area contributed by atoms with E-state index in [0.717, 1.165) is 21.8 Å². The van der Waals surface area contributed by atoms with Crippen LogP contribution in [0.15, 0.2) is 66.0 Å². The van der Waals surface area contributed by atoms with Gasteiger partial charge in [-0.3, -0.25) is 4.79 Å². The summed E-state index contributed by atoms with van der Waals surface area (Å²) < 4.78 is 5.81. The molecule has 2 aromatic carbocycles. The van der Waals surface area contributed by atoms with Crippen molar-refractivity contribution in [1.29, 1.82) is 0 Å². The monoisotopic (exact) mass is 369 g/mol. The molecule has 126 valence electrons. The van der Waals surface area contributed by atoms with Gasteiger partial charge in [-0.2, -0.15) is 0 Å². The van der Waals surface area contributed by atoms with E-state index >= 15 is 0 Å². The van der Waals surface area contributed by atoms with Gasteiger partial charge in [-0.15, -0.1) is 11.3 Å². The van der Waals surface area contributed by atoms with E-state index in [1.165, 1.54) is 0 Å². The number of benzene rings is 2. The van der Waals surface area contributed by atoms with Gasteiger partial charge in [0.1, 0.15) is 5.75 Å². The van der Waals surface area contributed by atoms with Gasteiger partial charge in [0, 0.05) is 16.3 Å². The van der Waals surface area contributed by atoms with Gasteiger partial charge in [0.05, 0.1) is 6.04 Å². The average Bonchev–Trinajstić information content (AvgIpc) is 3.30. The standard InChI is InChI=1S/C20H16ClNO2S/c21-15-9-7-13(8-10-15)19(18-6-3-11-25-18)22-20(23)17-12-14-4-1-2-5-16(14)24-17/h1-11,17,19H,12H2,(H,22,23). The number of nitrogens with one attached hydrogen (secondary N) is 1. The lowest BCUT2D eigenvalue weighted by Crippen LogP contribution is -2.39. The van der Waals surface area contributed by atoms with Gasteiger partial charge in [-0.1, -0.05) is 48.0 Å². The van der Waals surface area contributed by atoms with Crippen molar-refractivity contribution in [3.8, 4) is 5.75 Å². The fourth-order valence-electron chi connectivity index (χ4n) is 2.99. The summed E-state index contributed by atoms with van der Waals surface area (Å²) in [7, 11) is 0. The van der Waals surface area contributed by atoms with Crippen LogP contribution < -0.4 is 10.1 Å². The molecule has 0 fully saturated rings. The lowest BCUT2D eigenvalue weighted by atomic mass is 10.0. The normalized spacial score (nSPS) is 16.8. The Morgan fingerprint density at radius 2 is 1.92 bits per heavy atom. The van der Waals surface area contributed by atoms with E-state index in [4.69, 9.17) is 16.3 Å². The summed E-state index contributed by atoms with van der Waals surface area (Å²) in [5, 5.41) is 5.82. The molecule has 1 aromatic heterocycles. The lowest BCUT2D eigenvalue weighted by molar-refractivity contribution is -0.127. The molecular formula is C20H16ClNO2S. The molecule has 3 nitrogen and oxygen atoms in total. The van der Waals surface area contributed by atoms with Crippen molar-refractivity contribution in [1.82, 2.24) is 5.32 Å². The Hall–Kier alpha value is -2.30. The van der Waals surface area contributed by atoms with E-state index < -0.39 is 6.10 Å². The molecule has 0 saturated carbocycles. The van der Waals surface area contributed by atoms with Gasteiger partial charge in [-0.05, 0) is 40.8 Å². The van der Waals surface area contributed by atoms with Crippen LogP contribution in [0.25, 0.3) is 0 Å². The summed E-state index contributed by atoms with van der Waals surface area (Å²) in [4.78, 5) is 13.9. The highest BCUT2D eigenvalue weighted by Gasteiger charge is 2.31. The zero-order valence-electron chi connectivity index (χ0n) is 13.3. The number of fused-ring (bicyclic) bond motifs is 1. The third-order valence-electron chi connectivity index (χ3n) is 4.26. The Labute approximate surface area is 155 Å². The minimum atomic E-state index is -0.493. The first-order valence-electron chi connectivity index (χ1n) is 8.04. The second-order valence-electron chi connectivity index (χ2n) is 5.93. The Bertz CT molecular complexity index is 852. The SMILES string of the molecule is O=C(NC(c1ccc(Cl)cc1)c1cccs1)C1Cc2ccccc2O1. The molecule has 5 heteroatoms. The van der Waals surface area contributed by atoms with Gasteiger partial charge in [0.15, 0.2) is 6.10 Å². The molecule has 1 N–H and O–H groups in total. The molecule has 0 aliphatic carbocycles. The molecule has 2 unspecified atom stereocenters. The first kappa shape index (κ1) is 16.2. The number of carbonyl (C=O) groups is 1. The maximum Gasteiger partial charge on any atom is 0.262 e. The number of amides is 1. The van der Waals surface area contributed by atoms with Crippen molar-refractivity contribution in [3.63, 3.8) is 0 Å². The predicted octanol–water partition coefficient (Wildman–Crippen LogP) is 4.61. The van der Waals surface area contributed by atoms with E-state index in [1.54, 1.807) is 11.3 Å². The quantitative estimate of drug-likeness (QED) is 0.729. The van der Waals surface area contributed by atoms with Gasteiger partial charge < -0.3 is 10.1 Å². The molecule has 0 bridgehead atoms. The molecule has 0 radical (unpaired) electrons. The molecule has 1 amide bonds. The Morgan fingerprint density at radius 3 is 2.64 bits per heavy atom. The summed E-state index contributed by atoms with van der Waals surface area (Å²) in [5.74, 6) is 0.686. The van der Waals surface area contributed by atoms with E-state index in [9.17, 15) is 4.79 Å². The number of carbonyl (C=O) groups excluding carboxylic acids is 1. The highest BCUT2D eigenvalue weighted by molar-refractivity contribution is 7.10. The number of hydrogen-bond donors (Lipinski definition) is 1. The lowest BCUT2D eigenvalue weighted by Gasteiger charge is -2.20. The molecule has 1 aliphatic heterocycles. The zero-order chi connectivity index (χ0) is 17.2. The number of ether oxygens (including phenoxy) is 1. The maximum atomic E-state index is 12.8. The number of para-hydroxylation sites is 1. The summed E-state index contributed by atoms with van der Waals surface area (Å²) in [6, 6.07) is 19.1. The van der Waals surface area contributed by atoms with Crippen LogP contribution in [0.2, 0.25) is 5.02 Å². The first-order valence-corrected chi connectivity index (χ1v) is 9.30. The maximum absolute atomic E-state index is 12.8. The van der Waals surface area contributed by atoms with Crippen LogP contribution in [0.1, 0.15) is 22.0 Å². The van der Waals surface area contributed by atoms with Gasteiger partial charge >= 0.3 is 0 Å². The van der Waals surface area contributed by atoms with E-state index in [0.29, 0.717) is 11.4 Å². The fourth-order valence-corrected chi connectivity index (χ4v) is 3.92. The minimum absolute atomic E-state index is 0.107. The highest BCUT2D eigenvalue weighted by Crippen LogP contribution is 2.30. The molecule has 1 aliphatic rings. The number of halogens is 1. The van der Waals surface area contributed by atoms with Crippen LogP contribution in [-0.2, 0) is 11.2 Å². The smallest absolute Gasteiger partial charge is 0.262 e. The number of rotatable bonds is 4. The number of thiophene rings is 1. The largest absolute Gasteiger partial charge is 0.480 e. The van der Waals surface area contributed by atoms with Gasteiger partial charge in [-0.25, -0.2) is 0 Å². The molecule has 4 rings (SSSR count). The van der Waals surface area contributed by atoms with Crippen LogP contribution in [0.3, 0.4) is 0 Å². The predicted molar refractivity (Wildman–Crippen MR) is 100 cm³/mol. The second kappa shape index (κ2) is 6.90. The van der Waals surface area contributed by atoms with Crippen molar-refractivity contribution in [2.75, 3.05) is 0 Å². The first-order chi connectivity index (χ1) is 12.2. The Balaban J connectivity index is 1.55. The van der Waals surface area contributed by atoms with E-state index in [-0.39, 0.29) is 11.9 Å². The van der Waals surface area contributed by atoms with E-state index in [2.05, 4.69) is 5.32 Å². The van der Waals surface area contributed by atoms with Gasteiger partial charge in [0.2, 0.25) is 0 Å². The molecule has 2 atom stereocenters. The second-order valence-corrected chi connectivity index (χ2v) is 7.34. The topological polar surface area (TPSA) is 38.3 Å². The van der Waals surface area contributed by atoms with E-state index in [1.807, 2.05) is 66.0 Å². The Morgan fingerprint density at radius 1 is 1.12 bits per heavy atom. The zero-order valence-corrected chi connectivity index (χ0v) is 14.9. The molecular weight excluding hydrogens is 354 g/mol. The van der Waals surface area contributed by atoms with Crippen LogP contribution in [-0.4, -0.2) is 12.0 Å². The third-order valence-corrected chi connectivity index (χ3v) is 5.45. The van der Waals surface area contributed by atoms with Crippen LogP contribution in [0, 0.1) is 0 Å². The van der Waals surface area contributed by atoms with Crippen molar-refractivity contribution in [2.24, 2.45) is 0 Å². The summed E-state index contributed by atoms with van der Waals surface area (Å²) in [6.07, 6.45) is 0.104. The molecule has 0 spiro atoms. The van der Waals surface area contributed by atoms with Crippen LogP contribution in [0.4, 0.5) is 0 Å². The summed E-state index contributed by atoms with van der Waals surface area (Å²) in [6.45, 7) is 0. The molecule has 0 saturated heterocycles. The summed E-state index contributed by atoms with van der Waals surface area (Å²) >= 11 is 7.61. The average molecular weight is 370 g/mol. The summed E-state index contributed by atoms with van der Waals surface area (Å²) in [5.41, 5.74) is 2.07. The number of hydrogen-bond acceptors (Lipinski definition) is 3. The Kier molecular flexibility index (Phi) is 4.47. The van der Waals surface area contributed by atoms with Crippen molar-refractivity contribution in [3.05, 3.63) is 87.1 Å². The fraction of sp³-hybridized carbons (Fsp3) is 0.150.